The maximum atomic E-state index is 10.7. The maximum absolute atomic E-state index is 10.7. The zero-order chi connectivity index (χ0) is 12.9. The van der Waals surface area contributed by atoms with E-state index < -0.39 is 30.0 Å². The normalized spacial score (nSPS) is 20.6. The molecule has 0 aliphatic rings. The first-order chi connectivity index (χ1) is 7.32. The number of rotatable bonds is 7. The van der Waals surface area contributed by atoms with Gasteiger partial charge in [-0.05, 0) is 19.3 Å². The van der Waals surface area contributed by atoms with Crippen LogP contribution in [0.2, 0.25) is 0 Å². The summed E-state index contributed by atoms with van der Waals surface area (Å²) < 4.78 is 0. The number of aliphatic hydroxyl groups is 2. The molecular formula is C12H22O4. The molecule has 0 bridgehead atoms. The Hall–Kier alpha value is -0.870. The molecule has 0 aliphatic heterocycles. The van der Waals surface area contributed by atoms with E-state index in [4.69, 9.17) is 5.11 Å². The van der Waals surface area contributed by atoms with Crippen LogP contribution < -0.4 is 0 Å². The summed E-state index contributed by atoms with van der Waals surface area (Å²) in [7, 11) is 0. The molecule has 0 saturated carbocycles. The molecule has 0 spiro atoms. The molecule has 0 rings (SSSR count). The first kappa shape index (κ1) is 15.1. The molecule has 0 heterocycles. The van der Waals surface area contributed by atoms with Gasteiger partial charge in [-0.1, -0.05) is 19.9 Å². The Morgan fingerprint density at radius 3 is 2.12 bits per heavy atom. The van der Waals surface area contributed by atoms with Crippen molar-refractivity contribution in [3.8, 4) is 0 Å². The minimum absolute atomic E-state index is 0.0388. The minimum Gasteiger partial charge on any atom is -0.481 e. The lowest BCUT2D eigenvalue weighted by Gasteiger charge is -2.29. The van der Waals surface area contributed by atoms with Crippen LogP contribution in [-0.2, 0) is 4.79 Å². The molecule has 0 aromatic rings. The number of allylic oxidation sites excluding steroid dienone is 1. The average Bonchev–Trinajstić information content (AvgIpc) is 2.25. The molecule has 4 nitrogen and oxygen atoms in total. The Morgan fingerprint density at radius 2 is 1.75 bits per heavy atom. The van der Waals surface area contributed by atoms with E-state index in [1.54, 1.807) is 13.0 Å². The van der Waals surface area contributed by atoms with Crippen molar-refractivity contribution in [1.82, 2.24) is 0 Å². The highest BCUT2D eigenvalue weighted by molar-refractivity contribution is 5.70. The van der Waals surface area contributed by atoms with Crippen molar-refractivity contribution in [2.24, 2.45) is 17.8 Å². The zero-order valence-corrected chi connectivity index (χ0v) is 10.1. The van der Waals surface area contributed by atoms with Gasteiger partial charge in [0, 0.05) is 5.92 Å². The number of aliphatic carboxylic acids is 1. The van der Waals surface area contributed by atoms with Crippen LogP contribution in [0.4, 0.5) is 0 Å². The first-order valence-corrected chi connectivity index (χ1v) is 5.52. The van der Waals surface area contributed by atoms with Gasteiger partial charge >= 0.3 is 5.97 Å². The topological polar surface area (TPSA) is 77.8 Å². The molecule has 0 fully saturated rings. The number of carboxylic acids is 1. The number of carbonyl (C=O) groups is 1. The number of hydrogen-bond acceptors (Lipinski definition) is 3. The molecule has 3 N–H and O–H groups in total. The number of hydrogen-bond donors (Lipinski definition) is 3. The second-order valence-electron chi connectivity index (χ2n) is 4.47. The van der Waals surface area contributed by atoms with Gasteiger partial charge in [0.15, 0.2) is 0 Å². The van der Waals surface area contributed by atoms with Crippen LogP contribution in [0.15, 0.2) is 12.7 Å². The van der Waals surface area contributed by atoms with Crippen molar-refractivity contribution in [1.29, 1.82) is 0 Å². The summed E-state index contributed by atoms with van der Waals surface area (Å²) in [5.74, 6) is -2.44. The van der Waals surface area contributed by atoms with Crippen molar-refractivity contribution < 1.29 is 20.1 Å². The minimum atomic E-state index is -1.05. The highest BCUT2D eigenvalue weighted by atomic mass is 16.4. The SMILES string of the molecule is C=CC[C@H](C)[C@H](O)[C@H](C)[C@H](O)[C@@H](C)C(=O)O. The molecule has 0 unspecified atom stereocenters. The molecule has 0 aliphatic carbocycles. The second-order valence-corrected chi connectivity index (χ2v) is 4.47. The van der Waals surface area contributed by atoms with E-state index in [2.05, 4.69) is 6.58 Å². The van der Waals surface area contributed by atoms with E-state index in [1.165, 1.54) is 6.92 Å². The summed E-state index contributed by atoms with van der Waals surface area (Å²) in [4.78, 5) is 10.7. The van der Waals surface area contributed by atoms with Gasteiger partial charge in [0.25, 0.3) is 0 Å². The van der Waals surface area contributed by atoms with Crippen LogP contribution in [0, 0.1) is 17.8 Å². The van der Waals surface area contributed by atoms with Crippen LogP contribution >= 0.6 is 0 Å². The third-order valence-electron chi connectivity index (χ3n) is 3.10. The van der Waals surface area contributed by atoms with Crippen LogP contribution in [0.1, 0.15) is 27.2 Å². The third-order valence-corrected chi connectivity index (χ3v) is 3.10. The lowest BCUT2D eigenvalue weighted by Crippen LogP contribution is -2.39. The van der Waals surface area contributed by atoms with Gasteiger partial charge < -0.3 is 15.3 Å². The Labute approximate surface area is 96.6 Å². The van der Waals surface area contributed by atoms with Crippen LogP contribution in [0.5, 0.6) is 0 Å². The van der Waals surface area contributed by atoms with Gasteiger partial charge in [0.1, 0.15) is 0 Å². The van der Waals surface area contributed by atoms with Gasteiger partial charge in [-0.25, -0.2) is 0 Å². The van der Waals surface area contributed by atoms with Crippen LogP contribution in [0.3, 0.4) is 0 Å². The lowest BCUT2D eigenvalue weighted by atomic mass is 9.83. The van der Waals surface area contributed by atoms with E-state index in [0.29, 0.717) is 6.42 Å². The van der Waals surface area contributed by atoms with Gasteiger partial charge in [-0.3, -0.25) is 4.79 Å². The molecular weight excluding hydrogens is 208 g/mol. The molecule has 0 saturated heterocycles. The number of carboxylic acid groups (broad SMARTS) is 1. The quantitative estimate of drug-likeness (QED) is 0.576. The fraction of sp³-hybridized carbons (Fsp3) is 0.750. The van der Waals surface area contributed by atoms with Crippen LogP contribution in [-0.4, -0.2) is 33.5 Å². The molecule has 0 radical (unpaired) electrons. The number of aliphatic hydroxyl groups excluding tert-OH is 2. The average molecular weight is 230 g/mol. The standard InChI is InChI=1S/C12H22O4/c1-5-6-7(2)10(13)8(3)11(14)9(4)12(15)16/h5,7-11,13-14H,1,6H2,2-4H3,(H,15,16)/t7-,8-,9+,10-,11-/m0/s1. The summed E-state index contributed by atoms with van der Waals surface area (Å²) in [5, 5.41) is 28.5. The largest absolute Gasteiger partial charge is 0.481 e. The summed E-state index contributed by atoms with van der Waals surface area (Å²) in [6.45, 7) is 8.53. The summed E-state index contributed by atoms with van der Waals surface area (Å²) in [6.07, 6.45) is 0.572. The van der Waals surface area contributed by atoms with Gasteiger partial charge in [0.2, 0.25) is 0 Å². The zero-order valence-electron chi connectivity index (χ0n) is 10.1. The van der Waals surface area contributed by atoms with Gasteiger partial charge in [-0.2, -0.15) is 0 Å². The Morgan fingerprint density at radius 1 is 1.25 bits per heavy atom. The summed E-state index contributed by atoms with van der Waals surface area (Å²) >= 11 is 0. The highest BCUT2D eigenvalue weighted by Crippen LogP contribution is 2.23. The first-order valence-electron chi connectivity index (χ1n) is 5.52. The van der Waals surface area contributed by atoms with Crippen molar-refractivity contribution >= 4 is 5.97 Å². The van der Waals surface area contributed by atoms with Crippen molar-refractivity contribution in [2.45, 2.75) is 39.4 Å². The van der Waals surface area contributed by atoms with Gasteiger partial charge in [0.05, 0.1) is 18.1 Å². The molecule has 0 amide bonds. The van der Waals surface area contributed by atoms with E-state index in [0.717, 1.165) is 0 Å². The highest BCUT2D eigenvalue weighted by Gasteiger charge is 2.32. The lowest BCUT2D eigenvalue weighted by molar-refractivity contribution is -0.147. The Kier molecular flexibility index (Phi) is 6.29. The van der Waals surface area contributed by atoms with Crippen LogP contribution in [0.25, 0.3) is 0 Å². The van der Waals surface area contributed by atoms with Crippen molar-refractivity contribution in [2.75, 3.05) is 0 Å². The predicted molar refractivity (Wildman–Crippen MR) is 62.0 cm³/mol. The van der Waals surface area contributed by atoms with Gasteiger partial charge in [-0.15, -0.1) is 6.58 Å². The third kappa shape index (κ3) is 3.94. The monoisotopic (exact) mass is 230 g/mol. The maximum Gasteiger partial charge on any atom is 0.308 e. The molecule has 4 heteroatoms. The summed E-state index contributed by atoms with van der Waals surface area (Å²) in [5.41, 5.74) is 0. The Balaban J connectivity index is 4.47. The fourth-order valence-electron chi connectivity index (χ4n) is 1.72. The fourth-order valence-corrected chi connectivity index (χ4v) is 1.72. The molecule has 16 heavy (non-hydrogen) atoms. The smallest absolute Gasteiger partial charge is 0.308 e. The summed E-state index contributed by atoms with van der Waals surface area (Å²) in [6, 6.07) is 0. The molecule has 0 aromatic carbocycles. The van der Waals surface area contributed by atoms with Crippen molar-refractivity contribution in [3.63, 3.8) is 0 Å². The van der Waals surface area contributed by atoms with Crippen molar-refractivity contribution in [3.05, 3.63) is 12.7 Å². The molecule has 0 aromatic heterocycles. The van der Waals surface area contributed by atoms with E-state index in [1.807, 2.05) is 6.92 Å². The van der Waals surface area contributed by atoms with E-state index >= 15 is 0 Å². The molecule has 94 valence electrons. The Bertz CT molecular complexity index is 239. The second kappa shape index (κ2) is 6.66. The predicted octanol–water partition coefficient (Wildman–Crippen LogP) is 1.28. The van der Waals surface area contributed by atoms with E-state index in [-0.39, 0.29) is 5.92 Å². The van der Waals surface area contributed by atoms with E-state index in [9.17, 15) is 15.0 Å². The molecule has 5 atom stereocenters.